The molecule has 5 unspecified atom stereocenters. The maximum absolute atomic E-state index is 14.3. The standard InChI is InChI=1S/C33H36N2O3/c1-3-19-34-31(37)33-21-35-29(27(36)20-22-11-7-10-16-28(22)38-2)30(33)32(23-12-5-4-6-13-23)18-17-26(33)24-14-8-9-15-25(24)32/h4-16,26,29-30,35H,3,17-21H2,1-2H3,(H,34,37). The number of rotatable bonds is 8. The van der Waals surface area contributed by atoms with Crippen molar-refractivity contribution >= 4 is 11.7 Å². The normalized spacial score (nSPS) is 28.8. The Morgan fingerprint density at radius 2 is 1.74 bits per heavy atom. The topological polar surface area (TPSA) is 67.4 Å². The fourth-order valence-corrected chi connectivity index (χ4v) is 8.04. The summed E-state index contributed by atoms with van der Waals surface area (Å²) in [5.74, 6) is 0.806. The van der Waals surface area contributed by atoms with Crippen LogP contribution in [0.15, 0.2) is 78.9 Å². The summed E-state index contributed by atoms with van der Waals surface area (Å²) < 4.78 is 5.57. The van der Waals surface area contributed by atoms with Crippen molar-refractivity contribution in [1.29, 1.82) is 0 Å². The van der Waals surface area contributed by atoms with E-state index in [2.05, 4.69) is 66.1 Å². The minimum atomic E-state index is -0.696. The molecule has 196 valence electrons. The number of ether oxygens (including phenoxy) is 1. The minimum Gasteiger partial charge on any atom is -0.496 e. The molecule has 2 bridgehead atoms. The Morgan fingerprint density at radius 1 is 1.00 bits per heavy atom. The van der Waals surface area contributed by atoms with Gasteiger partial charge in [-0.2, -0.15) is 0 Å². The molecule has 3 aromatic carbocycles. The van der Waals surface area contributed by atoms with Crippen molar-refractivity contribution in [3.05, 3.63) is 101 Å². The highest BCUT2D eigenvalue weighted by atomic mass is 16.5. The number of hydrogen-bond donors (Lipinski definition) is 2. The number of amides is 1. The predicted octanol–water partition coefficient (Wildman–Crippen LogP) is 4.78. The lowest BCUT2D eigenvalue weighted by Crippen LogP contribution is -2.64. The van der Waals surface area contributed by atoms with E-state index >= 15 is 0 Å². The SMILES string of the molecule is CCCNC(=O)C12CNC(C(=O)Cc3ccccc3OC)C1C1(c3ccccc3)CCC2c2ccccc21. The monoisotopic (exact) mass is 508 g/mol. The van der Waals surface area contributed by atoms with E-state index < -0.39 is 16.9 Å². The van der Waals surface area contributed by atoms with E-state index in [1.807, 2.05) is 30.3 Å². The molecule has 0 radical (unpaired) electrons. The molecule has 5 atom stereocenters. The highest BCUT2D eigenvalue weighted by Crippen LogP contribution is 2.69. The molecule has 0 spiro atoms. The molecule has 5 heteroatoms. The van der Waals surface area contributed by atoms with Crippen LogP contribution in [0, 0.1) is 11.3 Å². The van der Waals surface area contributed by atoms with Gasteiger partial charge in [0.2, 0.25) is 5.91 Å². The maximum Gasteiger partial charge on any atom is 0.228 e. The lowest BCUT2D eigenvalue weighted by Gasteiger charge is -2.61. The van der Waals surface area contributed by atoms with Crippen molar-refractivity contribution in [1.82, 2.24) is 10.6 Å². The van der Waals surface area contributed by atoms with Crippen LogP contribution in [0.1, 0.15) is 54.4 Å². The first-order chi connectivity index (χ1) is 18.6. The van der Waals surface area contributed by atoms with Gasteiger partial charge in [-0.05, 0) is 42.0 Å². The van der Waals surface area contributed by atoms with E-state index in [0.29, 0.717) is 13.1 Å². The average Bonchev–Trinajstić information content (AvgIpc) is 3.41. The van der Waals surface area contributed by atoms with E-state index in [1.165, 1.54) is 16.7 Å². The fraction of sp³-hybridized carbons (Fsp3) is 0.394. The zero-order valence-electron chi connectivity index (χ0n) is 22.2. The Kier molecular flexibility index (Phi) is 6.35. The summed E-state index contributed by atoms with van der Waals surface area (Å²) in [6.07, 6.45) is 2.99. The molecule has 0 aromatic heterocycles. The molecule has 7 rings (SSSR count). The number of nitrogens with one attached hydrogen (secondary N) is 2. The van der Waals surface area contributed by atoms with Crippen molar-refractivity contribution in [3.8, 4) is 5.75 Å². The molecular formula is C33H36N2O3. The van der Waals surface area contributed by atoms with Gasteiger partial charge in [0.1, 0.15) is 5.75 Å². The third-order valence-electron chi connectivity index (χ3n) is 9.45. The van der Waals surface area contributed by atoms with Crippen molar-refractivity contribution in [2.24, 2.45) is 11.3 Å². The van der Waals surface area contributed by atoms with Crippen LogP contribution in [-0.4, -0.2) is 37.9 Å². The number of Topliss-reactive ketones (excluding diaryl/α,β-unsaturated/α-hetero) is 1. The van der Waals surface area contributed by atoms with E-state index in [0.717, 1.165) is 30.6 Å². The first kappa shape index (κ1) is 24.9. The lowest BCUT2D eigenvalue weighted by atomic mass is 9.40. The van der Waals surface area contributed by atoms with Gasteiger partial charge >= 0.3 is 0 Å². The summed E-state index contributed by atoms with van der Waals surface area (Å²) in [6.45, 7) is 3.22. The molecule has 1 saturated heterocycles. The van der Waals surface area contributed by atoms with Crippen LogP contribution in [0.5, 0.6) is 5.75 Å². The average molecular weight is 509 g/mol. The first-order valence-corrected chi connectivity index (χ1v) is 13.9. The van der Waals surface area contributed by atoms with Gasteiger partial charge in [-0.1, -0.05) is 79.7 Å². The molecule has 5 nitrogen and oxygen atoms in total. The van der Waals surface area contributed by atoms with Crippen LogP contribution in [0.4, 0.5) is 0 Å². The first-order valence-electron chi connectivity index (χ1n) is 13.9. The molecule has 2 fully saturated rings. The second-order valence-corrected chi connectivity index (χ2v) is 11.1. The zero-order valence-corrected chi connectivity index (χ0v) is 22.2. The molecule has 38 heavy (non-hydrogen) atoms. The maximum atomic E-state index is 14.3. The second-order valence-electron chi connectivity index (χ2n) is 11.1. The predicted molar refractivity (Wildman–Crippen MR) is 148 cm³/mol. The van der Waals surface area contributed by atoms with E-state index in [1.54, 1.807) is 7.11 Å². The molecule has 3 aromatic rings. The quantitative estimate of drug-likeness (QED) is 0.459. The molecule has 1 heterocycles. The number of hydrogen-bond acceptors (Lipinski definition) is 4. The van der Waals surface area contributed by atoms with Crippen molar-refractivity contribution < 1.29 is 14.3 Å². The fourth-order valence-electron chi connectivity index (χ4n) is 8.04. The molecule has 3 aliphatic carbocycles. The lowest BCUT2D eigenvalue weighted by molar-refractivity contribution is -0.140. The largest absolute Gasteiger partial charge is 0.496 e. The number of carbonyl (C=O) groups is 2. The number of methoxy groups -OCH3 is 1. The Labute approximate surface area is 225 Å². The summed E-state index contributed by atoms with van der Waals surface area (Å²) in [4.78, 5) is 28.5. The van der Waals surface area contributed by atoms with Gasteiger partial charge in [-0.25, -0.2) is 0 Å². The molecule has 1 amide bonds. The van der Waals surface area contributed by atoms with Gasteiger partial charge in [0.05, 0.1) is 18.6 Å². The highest BCUT2D eigenvalue weighted by molar-refractivity contribution is 5.93. The van der Waals surface area contributed by atoms with E-state index in [-0.39, 0.29) is 29.9 Å². The molecule has 1 saturated carbocycles. The van der Waals surface area contributed by atoms with Crippen LogP contribution < -0.4 is 15.4 Å². The third-order valence-corrected chi connectivity index (χ3v) is 9.45. The van der Waals surface area contributed by atoms with Gasteiger partial charge < -0.3 is 15.4 Å². The van der Waals surface area contributed by atoms with Gasteiger partial charge in [0, 0.05) is 42.3 Å². The van der Waals surface area contributed by atoms with Gasteiger partial charge in [0.15, 0.2) is 5.78 Å². The van der Waals surface area contributed by atoms with Gasteiger partial charge in [0.25, 0.3) is 0 Å². The van der Waals surface area contributed by atoms with Crippen LogP contribution in [0.3, 0.4) is 0 Å². The smallest absolute Gasteiger partial charge is 0.228 e. The van der Waals surface area contributed by atoms with Crippen molar-refractivity contribution in [2.75, 3.05) is 20.2 Å². The van der Waals surface area contributed by atoms with Gasteiger partial charge in [-0.3, -0.25) is 9.59 Å². The molecular weight excluding hydrogens is 472 g/mol. The summed E-state index contributed by atoms with van der Waals surface area (Å²) in [5.41, 5.74) is 3.50. The van der Waals surface area contributed by atoms with Crippen LogP contribution in [-0.2, 0) is 21.4 Å². The van der Waals surface area contributed by atoms with Crippen LogP contribution in [0.2, 0.25) is 0 Å². The zero-order chi connectivity index (χ0) is 26.3. The van der Waals surface area contributed by atoms with Crippen LogP contribution in [0.25, 0.3) is 0 Å². The summed E-state index contributed by atoms with van der Waals surface area (Å²) in [5, 5.41) is 6.90. The summed E-state index contributed by atoms with van der Waals surface area (Å²) in [6, 6.07) is 26.5. The van der Waals surface area contributed by atoms with Crippen molar-refractivity contribution in [3.63, 3.8) is 0 Å². The van der Waals surface area contributed by atoms with E-state index in [4.69, 9.17) is 4.74 Å². The summed E-state index contributed by atoms with van der Waals surface area (Å²) >= 11 is 0. The number of ketones is 1. The molecule has 4 aliphatic rings. The highest BCUT2D eigenvalue weighted by Gasteiger charge is 2.71. The van der Waals surface area contributed by atoms with Crippen LogP contribution >= 0.6 is 0 Å². The number of fused-ring (bicyclic) bond motifs is 1. The van der Waals surface area contributed by atoms with Gasteiger partial charge in [-0.15, -0.1) is 0 Å². The Morgan fingerprint density at radius 3 is 2.53 bits per heavy atom. The molecule has 2 N–H and O–H groups in total. The van der Waals surface area contributed by atoms with E-state index in [9.17, 15) is 9.59 Å². The Hall–Kier alpha value is -3.44. The Balaban J connectivity index is 1.53. The summed E-state index contributed by atoms with van der Waals surface area (Å²) in [7, 11) is 1.64. The molecule has 1 aliphatic heterocycles. The number of benzene rings is 3. The Bertz CT molecular complexity index is 1360. The second kappa shape index (κ2) is 9.70. The minimum absolute atomic E-state index is 0.0719. The third kappa shape index (κ3) is 3.48. The number of para-hydroxylation sites is 1. The number of carbonyl (C=O) groups excluding carboxylic acids is 2. The van der Waals surface area contributed by atoms with Crippen molar-refractivity contribution in [2.45, 2.75) is 50.0 Å².